The minimum absolute atomic E-state index is 0.233. The fourth-order valence-corrected chi connectivity index (χ4v) is 3.65. The highest BCUT2D eigenvalue weighted by Gasteiger charge is 2.25. The summed E-state index contributed by atoms with van der Waals surface area (Å²) in [7, 11) is -1.04. The summed E-state index contributed by atoms with van der Waals surface area (Å²) < 4.78 is 21.5. The number of carbonyl (C=O) groups excluding carboxylic acids is 2. The van der Waals surface area contributed by atoms with Gasteiger partial charge in [-0.1, -0.05) is 6.92 Å². The van der Waals surface area contributed by atoms with Crippen LogP contribution in [0.15, 0.2) is 0 Å². The molecule has 19 heavy (non-hydrogen) atoms. The largest absolute Gasteiger partial charge is 0.464 e. The van der Waals surface area contributed by atoms with E-state index in [4.69, 9.17) is 4.74 Å². The van der Waals surface area contributed by atoms with Crippen molar-refractivity contribution < 1.29 is 23.6 Å². The second-order valence-electron chi connectivity index (χ2n) is 4.47. The first-order valence-corrected chi connectivity index (χ1v) is 8.95. The fourth-order valence-electron chi connectivity index (χ4n) is 1.68. The summed E-state index contributed by atoms with van der Waals surface area (Å²) in [6.07, 6.45) is 1.47. The Bertz CT molecular complexity index is 345. The molecular weight excluding hydrogens is 269 g/mol. The van der Waals surface area contributed by atoms with Crippen LogP contribution in [-0.2, 0) is 18.8 Å². The Balaban J connectivity index is 4.54. The lowest BCUT2D eigenvalue weighted by Crippen LogP contribution is -2.42. The summed E-state index contributed by atoms with van der Waals surface area (Å²) in [5, 5.41) is 2.41. The third kappa shape index (κ3) is 7.88. The van der Waals surface area contributed by atoms with Crippen LogP contribution in [0.1, 0.15) is 26.7 Å². The maximum absolute atomic E-state index is 12.2. The molecule has 0 saturated carbocycles. The van der Waals surface area contributed by atoms with Gasteiger partial charge < -0.3 is 19.4 Å². The van der Waals surface area contributed by atoms with Crippen molar-refractivity contribution in [1.82, 2.24) is 5.32 Å². The minimum atomic E-state index is -2.26. The van der Waals surface area contributed by atoms with Crippen LogP contribution in [0, 0.1) is 0 Å². The Hall–Kier alpha value is -1.03. The lowest BCUT2D eigenvalue weighted by Gasteiger charge is -2.18. The molecule has 0 aliphatic rings. The zero-order valence-electron chi connectivity index (χ0n) is 12.1. The van der Waals surface area contributed by atoms with Gasteiger partial charge in [0, 0.05) is 12.3 Å². The van der Waals surface area contributed by atoms with Gasteiger partial charge in [-0.05, 0) is 26.4 Å². The van der Waals surface area contributed by atoms with Crippen molar-refractivity contribution in [3.63, 3.8) is 0 Å². The zero-order chi connectivity index (χ0) is 14.9. The van der Waals surface area contributed by atoms with Gasteiger partial charge in [0.05, 0.1) is 20.9 Å². The molecule has 7 heteroatoms. The van der Waals surface area contributed by atoms with Crippen molar-refractivity contribution in [2.75, 3.05) is 32.7 Å². The number of amides is 1. The van der Waals surface area contributed by atoms with Gasteiger partial charge in [-0.15, -0.1) is 0 Å². The van der Waals surface area contributed by atoms with Gasteiger partial charge in [-0.3, -0.25) is 0 Å². The first kappa shape index (κ1) is 18.0. The van der Waals surface area contributed by atoms with Gasteiger partial charge in [-0.2, -0.15) is 0 Å². The van der Waals surface area contributed by atoms with Crippen LogP contribution in [-0.4, -0.2) is 50.8 Å². The van der Waals surface area contributed by atoms with E-state index in [0.29, 0.717) is 18.7 Å². The SMILES string of the molecule is CCCP(C)(=O)CCC(NC(=O)OC)C(=O)OCC. The second-order valence-corrected chi connectivity index (χ2v) is 7.96. The number of nitrogens with one attached hydrogen (secondary N) is 1. The molecule has 0 aromatic carbocycles. The van der Waals surface area contributed by atoms with Crippen molar-refractivity contribution in [2.24, 2.45) is 0 Å². The van der Waals surface area contributed by atoms with Gasteiger partial charge >= 0.3 is 12.1 Å². The van der Waals surface area contributed by atoms with E-state index in [1.807, 2.05) is 6.92 Å². The molecule has 0 radical (unpaired) electrons. The smallest absolute Gasteiger partial charge is 0.407 e. The molecule has 0 fully saturated rings. The molecule has 6 nitrogen and oxygen atoms in total. The molecule has 0 spiro atoms. The van der Waals surface area contributed by atoms with Crippen LogP contribution < -0.4 is 5.32 Å². The number of rotatable bonds is 8. The molecule has 112 valence electrons. The summed E-state index contributed by atoms with van der Waals surface area (Å²) in [6.45, 7) is 5.61. The first-order valence-electron chi connectivity index (χ1n) is 6.43. The standard InChI is InChI=1S/C12H24NO5P/c1-5-8-19(4,16)9-7-10(11(14)18-6-2)13-12(15)17-3/h10H,5-9H2,1-4H3,(H,13,15). The lowest BCUT2D eigenvalue weighted by molar-refractivity contribution is -0.145. The molecule has 1 N–H and O–H groups in total. The molecule has 2 unspecified atom stereocenters. The number of hydrogen-bond acceptors (Lipinski definition) is 5. The van der Waals surface area contributed by atoms with E-state index in [1.165, 1.54) is 7.11 Å². The summed E-state index contributed by atoms with van der Waals surface area (Å²) in [5.74, 6) is -0.524. The third-order valence-corrected chi connectivity index (χ3v) is 5.23. The molecule has 2 atom stereocenters. The Kier molecular flexibility index (Phi) is 8.48. The maximum Gasteiger partial charge on any atom is 0.407 e. The van der Waals surface area contributed by atoms with Gasteiger partial charge in [0.1, 0.15) is 6.04 Å². The van der Waals surface area contributed by atoms with E-state index in [2.05, 4.69) is 10.1 Å². The number of ether oxygens (including phenoxy) is 2. The monoisotopic (exact) mass is 293 g/mol. The Morgan fingerprint density at radius 3 is 2.37 bits per heavy atom. The van der Waals surface area contributed by atoms with Crippen molar-refractivity contribution in [1.29, 1.82) is 0 Å². The fraction of sp³-hybridized carbons (Fsp3) is 0.833. The van der Waals surface area contributed by atoms with Crippen molar-refractivity contribution in [3.8, 4) is 0 Å². The highest BCUT2D eigenvalue weighted by molar-refractivity contribution is 7.63. The van der Waals surface area contributed by atoms with E-state index in [9.17, 15) is 14.2 Å². The first-order chi connectivity index (χ1) is 8.86. The molecule has 1 amide bonds. The van der Waals surface area contributed by atoms with Crippen molar-refractivity contribution >= 4 is 19.2 Å². The Morgan fingerprint density at radius 1 is 1.26 bits per heavy atom. The van der Waals surface area contributed by atoms with Crippen molar-refractivity contribution in [2.45, 2.75) is 32.7 Å². The molecule has 0 bridgehead atoms. The van der Waals surface area contributed by atoms with Crippen LogP contribution in [0.5, 0.6) is 0 Å². The van der Waals surface area contributed by atoms with E-state index in [0.717, 1.165) is 6.42 Å². The summed E-state index contributed by atoms with van der Waals surface area (Å²) >= 11 is 0. The average Bonchev–Trinajstić information content (AvgIpc) is 2.34. The molecular formula is C12H24NO5P. The highest BCUT2D eigenvalue weighted by atomic mass is 31.2. The molecule has 0 rings (SSSR count). The van der Waals surface area contributed by atoms with E-state index in [-0.39, 0.29) is 6.61 Å². The summed E-state index contributed by atoms with van der Waals surface area (Å²) in [6, 6.07) is -0.808. The Morgan fingerprint density at radius 2 is 1.89 bits per heavy atom. The number of alkyl carbamates (subject to hydrolysis) is 1. The average molecular weight is 293 g/mol. The number of esters is 1. The van der Waals surface area contributed by atoms with Crippen LogP contribution in [0.25, 0.3) is 0 Å². The van der Waals surface area contributed by atoms with Gasteiger partial charge in [0.2, 0.25) is 0 Å². The van der Waals surface area contributed by atoms with Crippen molar-refractivity contribution in [3.05, 3.63) is 0 Å². The molecule has 0 aliphatic carbocycles. The molecule has 0 aromatic rings. The van der Waals surface area contributed by atoms with E-state index >= 15 is 0 Å². The molecule has 0 heterocycles. The van der Waals surface area contributed by atoms with Gasteiger partial charge in [0.25, 0.3) is 0 Å². The quantitative estimate of drug-likeness (QED) is 0.547. The van der Waals surface area contributed by atoms with E-state index < -0.39 is 25.2 Å². The second kappa shape index (κ2) is 8.97. The molecule has 0 saturated heterocycles. The number of hydrogen-bond donors (Lipinski definition) is 1. The molecule has 0 aromatic heterocycles. The van der Waals surface area contributed by atoms with Crippen LogP contribution in [0.3, 0.4) is 0 Å². The Labute approximate surface area is 114 Å². The summed E-state index contributed by atoms with van der Waals surface area (Å²) in [5.41, 5.74) is 0. The maximum atomic E-state index is 12.2. The van der Waals surface area contributed by atoms with Crippen LogP contribution in [0.4, 0.5) is 4.79 Å². The summed E-state index contributed by atoms with van der Waals surface area (Å²) in [4.78, 5) is 22.9. The van der Waals surface area contributed by atoms with E-state index in [1.54, 1.807) is 13.6 Å². The molecule has 0 aliphatic heterocycles. The van der Waals surface area contributed by atoms with Gasteiger partial charge in [-0.25, -0.2) is 9.59 Å². The normalized spacial score (nSPS) is 15.2. The lowest BCUT2D eigenvalue weighted by atomic mass is 10.2. The predicted octanol–water partition coefficient (Wildman–Crippen LogP) is 2.07. The topological polar surface area (TPSA) is 81.7 Å². The predicted molar refractivity (Wildman–Crippen MR) is 74.1 cm³/mol. The third-order valence-electron chi connectivity index (χ3n) is 2.64. The zero-order valence-corrected chi connectivity index (χ0v) is 13.0. The van der Waals surface area contributed by atoms with Gasteiger partial charge in [0.15, 0.2) is 0 Å². The van der Waals surface area contributed by atoms with Crippen LogP contribution >= 0.6 is 7.14 Å². The van der Waals surface area contributed by atoms with Crippen LogP contribution in [0.2, 0.25) is 0 Å². The number of carbonyl (C=O) groups is 2. The minimum Gasteiger partial charge on any atom is -0.464 e. The highest BCUT2D eigenvalue weighted by Crippen LogP contribution is 2.42. The number of methoxy groups -OCH3 is 1.